The maximum Gasteiger partial charge on any atom is 0.0729 e. The summed E-state index contributed by atoms with van der Waals surface area (Å²) < 4.78 is 8.72. The van der Waals surface area contributed by atoms with Crippen LogP contribution in [0.5, 0.6) is 0 Å². The molecule has 2 N–H and O–H groups in total. The number of nitrogens with zero attached hydrogens (tertiary/aromatic N) is 4. The zero-order chi connectivity index (χ0) is 15.2. The van der Waals surface area contributed by atoms with Crippen LogP contribution in [0.25, 0.3) is 0 Å². The molecule has 7 nitrogen and oxygen atoms in total. The number of hydrogen-bond acceptors (Lipinski definition) is 5. The molecule has 2 heterocycles. The van der Waals surface area contributed by atoms with Crippen LogP contribution in [0.4, 0.5) is 5.69 Å². The van der Waals surface area contributed by atoms with E-state index < -0.39 is 0 Å². The topological polar surface area (TPSA) is 77.1 Å². The molecule has 0 saturated carbocycles. The third-order valence-corrected chi connectivity index (χ3v) is 3.47. The Kier molecular flexibility index (Phi) is 5.35. The van der Waals surface area contributed by atoms with Crippen LogP contribution < -0.4 is 5.32 Å². The van der Waals surface area contributed by atoms with E-state index in [9.17, 15) is 0 Å². The van der Waals surface area contributed by atoms with Gasteiger partial charge in [-0.05, 0) is 13.8 Å². The lowest BCUT2D eigenvalue weighted by molar-refractivity contribution is 0.183. The van der Waals surface area contributed by atoms with Crippen LogP contribution in [-0.2, 0) is 24.4 Å². The highest BCUT2D eigenvalue weighted by Crippen LogP contribution is 2.15. The third-order valence-electron chi connectivity index (χ3n) is 3.47. The lowest BCUT2D eigenvalue weighted by Crippen LogP contribution is -2.07. The lowest BCUT2D eigenvalue weighted by atomic mass is 10.2. The lowest BCUT2D eigenvalue weighted by Gasteiger charge is -2.05. The molecular weight excluding hydrogens is 270 g/mol. The average molecular weight is 293 g/mol. The standard InChI is InChI=1S/C14H23N5O2/c1-11-14(12(2)19(17-11)4-6-20)9-15-13-8-16-18(10-13)5-7-21-3/h8,10,15,20H,4-7,9H2,1-3H3. The summed E-state index contributed by atoms with van der Waals surface area (Å²) in [6.07, 6.45) is 3.76. The van der Waals surface area contributed by atoms with Crippen molar-refractivity contribution in [2.45, 2.75) is 33.5 Å². The Morgan fingerprint density at radius 3 is 2.86 bits per heavy atom. The van der Waals surface area contributed by atoms with E-state index >= 15 is 0 Å². The molecule has 0 radical (unpaired) electrons. The maximum absolute atomic E-state index is 9.03. The molecule has 0 aliphatic rings. The summed E-state index contributed by atoms with van der Waals surface area (Å²) in [6.45, 7) is 6.72. The Hall–Kier alpha value is -1.86. The number of aromatic nitrogens is 4. The summed E-state index contributed by atoms with van der Waals surface area (Å²) in [5.74, 6) is 0. The van der Waals surface area contributed by atoms with Gasteiger partial charge in [0.05, 0.1) is 43.9 Å². The first-order chi connectivity index (χ1) is 10.2. The fourth-order valence-corrected chi connectivity index (χ4v) is 2.25. The zero-order valence-electron chi connectivity index (χ0n) is 12.8. The highest BCUT2D eigenvalue weighted by atomic mass is 16.5. The zero-order valence-corrected chi connectivity index (χ0v) is 12.8. The molecule has 7 heteroatoms. The van der Waals surface area contributed by atoms with Crippen LogP contribution in [0.2, 0.25) is 0 Å². The fraction of sp³-hybridized carbons (Fsp3) is 0.571. The van der Waals surface area contributed by atoms with E-state index in [1.165, 1.54) is 0 Å². The number of aryl methyl sites for hydroxylation is 1. The predicted molar refractivity (Wildman–Crippen MR) is 80.2 cm³/mol. The van der Waals surface area contributed by atoms with E-state index in [1.807, 2.05) is 29.4 Å². The smallest absolute Gasteiger partial charge is 0.0729 e. The summed E-state index contributed by atoms with van der Waals surface area (Å²) in [5, 5.41) is 21.1. The second-order valence-corrected chi connectivity index (χ2v) is 4.93. The van der Waals surface area contributed by atoms with Crippen LogP contribution in [0.1, 0.15) is 17.0 Å². The van der Waals surface area contributed by atoms with Crippen molar-refractivity contribution in [1.29, 1.82) is 0 Å². The molecule has 0 aliphatic carbocycles. The van der Waals surface area contributed by atoms with Gasteiger partial charge in [0.15, 0.2) is 0 Å². The second kappa shape index (κ2) is 7.24. The Morgan fingerprint density at radius 1 is 1.33 bits per heavy atom. The second-order valence-electron chi connectivity index (χ2n) is 4.93. The van der Waals surface area contributed by atoms with Gasteiger partial charge < -0.3 is 15.2 Å². The molecule has 21 heavy (non-hydrogen) atoms. The Labute approximate surface area is 124 Å². The van der Waals surface area contributed by atoms with E-state index in [2.05, 4.69) is 15.5 Å². The summed E-state index contributed by atoms with van der Waals surface area (Å²) in [5.41, 5.74) is 4.20. The Bertz CT molecular complexity index is 576. The van der Waals surface area contributed by atoms with Crippen molar-refractivity contribution < 1.29 is 9.84 Å². The predicted octanol–water partition coefficient (Wildman–Crippen LogP) is 0.947. The van der Waals surface area contributed by atoms with Crippen LogP contribution >= 0.6 is 0 Å². The molecule has 0 fully saturated rings. The minimum atomic E-state index is 0.0983. The van der Waals surface area contributed by atoms with E-state index in [1.54, 1.807) is 13.3 Å². The number of anilines is 1. The van der Waals surface area contributed by atoms with Gasteiger partial charge in [-0.25, -0.2) is 0 Å². The quantitative estimate of drug-likeness (QED) is 0.757. The van der Waals surface area contributed by atoms with Crippen molar-refractivity contribution >= 4 is 5.69 Å². The van der Waals surface area contributed by atoms with Crippen molar-refractivity contribution in [3.63, 3.8) is 0 Å². The molecule has 2 aromatic heterocycles. The number of hydrogen-bond donors (Lipinski definition) is 2. The number of aliphatic hydroxyl groups is 1. The molecule has 2 rings (SSSR count). The van der Waals surface area contributed by atoms with Gasteiger partial charge in [0.2, 0.25) is 0 Å². The molecule has 116 valence electrons. The van der Waals surface area contributed by atoms with Crippen molar-refractivity contribution in [1.82, 2.24) is 19.6 Å². The molecular formula is C14H23N5O2. The van der Waals surface area contributed by atoms with Crippen molar-refractivity contribution in [3.05, 3.63) is 29.3 Å². The Balaban J connectivity index is 1.98. The fourth-order valence-electron chi connectivity index (χ4n) is 2.25. The first-order valence-electron chi connectivity index (χ1n) is 7.04. The van der Waals surface area contributed by atoms with E-state index in [-0.39, 0.29) is 6.61 Å². The average Bonchev–Trinajstić information content (AvgIpc) is 3.01. The summed E-state index contributed by atoms with van der Waals surface area (Å²) in [6, 6.07) is 0. The normalized spacial score (nSPS) is 11.0. The van der Waals surface area contributed by atoms with Gasteiger partial charge in [-0.2, -0.15) is 10.2 Å². The van der Waals surface area contributed by atoms with Crippen molar-refractivity contribution in [2.75, 3.05) is 25.6 Å². The number of ether oxygens (including phenoxy) is 1. The van der Waals surface area contributed by atoms with Gasteiger partial charge in [-0.1, -0.05) is 0 Å². The first kappa shape index (κ1) is 15.5. The molecule has 0 atom stereocenters. The highest BCUT2D eigenvalue weighted by molar-refractivity contribution is 5.40. The minimum Gasteiger partial charge on any atom is -0.394 e. The largest absolute Gasteiger partial charge is 0.394 e. The summed E-state index contributed by atoms with van der Waals surface area (Å²) in [4.78, 5) is 0. The number of methoxy groups -OCH3 is 1. The molecule has 0 unspecified atom stereocenters. The van der Waals surface area contributed by atoms with Crippen LogP contribution in [0, 0.1) is 13.8 Å². The number of aliphatic hydroxyl groups excluding tert-OH is 1. The molecule has 2 aromatic rings. The number of nitrogens with one attached hydrogen (secondary N) is 1. The number of rotatable bonds is 8. The van der Waals surface area contributed by atoms with Gasteiger partial charge in [-0.3, -0.25) is 9.36 Å². The minimum absolute atomic E-state index is 0.0983. The van der Waals surface area contributed by atoms with Gasteiger partial charge in [-0.15, -0.1) is 0 Å². The molecule has 0 amide bonds. The first-order valence-corrected chi connectivity index (χ1v) is 7.04. The summed E-state index contributed by atoms with van der Waals surface area (Å²) >= 11 is 0. The van der Waals surface area contributed by atoms with Crippen LogP contribution in [0.3, 0.4) is 0 Å². The van der Waals surface area contributed by atoms with Crippen LogP contribution in [0.15, 0.2) is 12.4 Å². The monoisotopic (exact) mass is 293 g/mol. The van der Waals surface area contributed by atoms with Crippen LogP contribution in [-0.4, -0.2) is 45.0 Å². The summed E-state index contributed by atoms with van der Waals surface area (Å²) in [7, 11) is 1.68. The molecule has 0 aromatic carbocycles. The molecule has 0 aliphatic heterocycles. The van der Waals surface area contributed by atoms with Crippen molar-refractivity contribution in [3.8, 4) is 0 Å². The van der Waals surface area contributed by atoms with Gasteiger partial charge >= 0.3 is 0 Å². The van der Waals surface area contributed by atoms with Gasteiger partial charge in [0, 0.05) is 31.1 Å². The highest BCUT2D eigenvalue weighted by Gasteiger charge is 2.11. The van der Waals surface area contributed by atoms with Gasteiger partial charge in [0.25, 0.3) is 0 Å². The molecule has 0 bridgehead atoms. The SMILES string of the molecule is COCCn1cc(NCc2c(C)nn(CCO)c2C)cn1. The maximum atomic E-state index is 9.03. The van der Waals surface area contributed by atoms with Gasteiger partial charge in [0.1, 0.15) is 0 Å². The molecule has 0 saturated heterocycles. The van der Waals surface area contributed by atoms with E-state index in [4.69, 9.17) is 9.84 Å². The van der Waals surface area contributed by atoms with E-state index in [0.29, 0.717) is 19.7 Å². The van der Waals surface area contributed by atoms with Crippen molar-refractivity contribution in [2.24, 2.45) is 0 Å². The Morgan fingerprint density at radius 2 is 2.14 bits per heavy atom. The third kappa shape index (κ3) is 3.83. The molecule has 0 spiro atoms. The van der Waals surface area contributed by atoms with E-state index in [0.717, 1.165) is 29.2 Å².